The van der Waals surface area contributed by atoms with Crippen LogP contribution in [0.3, 0.4) is 0 Å². The van der Waals surface area contributed by atoms with E-state index in [1.165, 1.54) is 0 Å². The lowest BCUT2D eigenvalue weighted by molar-refractivity contribution is 0.567. The van der Waals surface area contributed by atoms with Crippen LogP contribution in [-0.4, -0.2) is 24.6 Å². The number of H-pyrrole nitrogens is 1. The lowest BCUT2D eigenvalue weighted by Gasteiger charge is -2.08. The van der Waals surface area contributed by atoms with E-state index in [1.807, 2.05) is 25.1 Å². The number of aromatic nitrogens is 2. The van der Waals surface area contributed by atoms with Gasteiger partial charge in [0, 0.05) is 0 Å². The number of hydrogen-bond donors (Lipinski definition) is 2. The molecule has 0 bridgehead atoms. The van der Waals surface area contributed by atoms with Crippen LogP contribution in [0.1, 0.15) is 24.4 Å². The lowest BCUT2D eigenvalue weighted by atomic mass is 10.2. The lowest BCUT2D eigenvalue weighted by Crippen LogP contribution is -2.26. The van der Waals surface area contributed by atoms with Crippen LogP contribution in [0.4, 0.5) is 0 Å². The van der Waals surface area contributed by atoms with Crippen molar-refractivity contribution in [1.82, 2.24) is 14.7 Å². The summed E-state index contributed by atoms with van der Waals surface area (Å²) in [6.07, 6.45) is 1.14. The number of rotatable bonds is 3. The largest absolute Gasteiger partial charge is 0.341 e. The van der Waals surface area contributed by atoms with Gasteiger partial charge in [0.2, 0.25) is 10.0 Å². The zero-order chi connectivity index (χ0) is 12.6. The van der Waals surface area contributed by atoms with Gasteiger partial charge in [-0.1, -0.05) is 6.07 Å². The number of benzene rings is 1. The summed E-state index contributed by atoms with van der Waals surface area (Å²) >= 11 is 0. The van der Waals surface area contributed by atoms with Crippen LogP contribution in [0.5, 0.6) is 0 Å². The third-order valence-electron chi connectivity index (χ3n) is 2.46. The summed E-state index contributed by atoms with van der Waals surface area (Å²) in [5, 5.41) is 0. The van der Waals surface area contributed by atoms with Gasteiger partial charge in [0.05, 0.1) is 23.3 Å². The number of nitrogens with zero attached hydrogens (tertiary/aromatic N) is 1. The molecule has 0 aliphatic heterocycles. The molecule has 1 unspecified atom stereocenters. The van der Waals surface area contributed by atoms with Gasteiger partial charge >= 0.3 is 0 Å². The van der Waals surface area contributed by atoms with Gasteiger partial charge in [0.15, 0.2) is 0 Å². The van der Waals surface area contributed by atoms with Gasteiger partial charge in [-0.05, 0) is 31.5 Å². The van der Waals surface area contributed by atoms with E-state index in [-0.39, 0.29) is 6.04 Å². The maximum Gasteiger partial charge on any atom is 0.209 e. The summed E-state index contributed by atoms with van der Waals surface area (Å²) in [5.41, 5.74) is 2.89. The predicted octanol–water partition coefficient (Wildman–Crippen LogP) is 1.48. The molecule has 92 valence electrons. The van der Waals surface area contributed by atoms with Crippen LogP contribution < -0.4 is 4.72 Å². The van der Waals surface area contributed by atoms with Gasteiger partial charge in [0.25, 0.3) is 0 Å². The van der Waals surface area contributed by atoms with E-state index < -0.39 is 10.0 Å². The van der Waals surface area contributed by atoms with E-state index in [0.717, 1.165) is 22.9 Å². The molecular weight excluding hydrogens is 238 g/mol. The zero-order valence-electron chi connectivity index (χ0n) is 9.98. The summed E-state index contributed by atoms with van der Waals surface area (Å²) in [6.45, 7) is 3.75. The molecule has 2 aromatic rings. The molecule has 0 aliphatic carbocycles. The predicted molar refractivity (Wildman–Crippen MR) is 67.2 cm³/mol. The average Bonchev–Trinajstić information content (AvgIpc) is 2.57. The standard InChI is InChI=1S/C11H15N3O2S/c1-7-4-5-9-10(6-7)13-11(12-9)8(2)14-17(3,15)16/h4-6,8,14H,1-3H3,(H,12,13). The van der Waals surface area contributed by atoms with Crippen molar-refractivity contribution in [2.24, 2.45) is 0 Å². The first kappa shape index (κ1) is 12.1. The van der Waals surface area contributed by atoms with E-state index in [1.54, 1.807) is 6.92 Å². The van der Waals surface area contributed by atoms with Crippen LogP contribution in [0.15, 0.2) is 18.2 Å². The Labute approximate surface area is 100 Å². The molecule has 1 atom stereocenters. The molecule has 0 aliphatic rings. The maximum atomic E-state index is 11.1. The van der Waals surface area contributed by atoms with Crippen molar-refractivity contribution in [3.63, 3.8) is 0 Å². The van der Waals surface area contributed by atoms with Crippen molar-refractivity contribution in [2.75, 3.05) is 6.26 Å². The second-order valence-electron chi connectivity index (χ2n) is 4.25. The second-order valence-corrected chi connectivity index (χ2v) is 6.03. The minimum Gasteiger partial charge on any atom is -0.341 e. The van der Waals surface area contributed by atoms with Gasteiger partial charge in [-0.25, -0.2) is 18.1 Å². The average molecular weight is 253 g/mol. The fourth-order valence-corrected chi connectivity index (χ4v) is 2.48. The highest BCUT2D eigenvalue weighted by Gasteiger charge is 2.14. The van der Waals surface area contributed by atoms with Gasteiger partial charge in [-0.3, -0.25) is 0 Å². The molecule has 0 fully saturated rings. The minimum absolute atomic E-state index is 0.363. The van der Waals surface area contributed by atoms with Gasteiger partial charge in [-0.15, -0.1) is 0 Å². The molecular formula is C11H15N3O2S. The van der Waals surface area contributed by atoms with Crippen LogP contribution in [-0.2, 0) is 10.0 Å². The van der Waals surface area contributed by atoms with E-state index in [4.69, 9.17) is 0 Å². The van der Waals surface area contributed by atoms with Crippen molar-refractivity contribution in [3.05, 3.63) is 29.6 Å². The summed E-state index contributed by atoms with van der Waals surface area (Å²) < 4.78 is 24.8. The number of aromatic amines is 1. The monoisotopic (exact) mass is 253 g/mol. The molecule has 0 amide bonds. The number of nitrogens with one attached hydrogen (secondary N) is 2. The van der Waals surface area contributed by atoms with E-state index in [2.05, 4.69) is 14.7 Å². The number of imidazole rings is 1. The minimum atomic E-state index is -3.23. The zero-order valence-corrected chi connectivity index (χ0v) is 10.8. The molecule has 5 nitrogen and oxygen atoms in total. The van der Waals surface area contributed by atoms with Crippen LogP contribution >= 0.6 is 0 Å². The van der Waals surface area contributed by atoms with Crippen molar-refractivity contribution < 1.29 is 8.42 Å². The van der Waals surface area contributed by atoms with E-state index >= 15 is 0 Å². The third kappa shape index (κ3) is 2.83. The molecule has 1 heterocycles. The number of fused-ring (bicyclic) bond motifs is 1. The molecule has 0 radical (unpaired) electrons. The summed E-state index contributed by atoms with van der Waals surface area (Å²) in [5.74, 6) is 0.621. The van der Waals surface area contributed by atoms with Crippen molar-refractivity contribution in [1.29, 1.82) is 0 Å². The number of aryl methyl sites for hydroxylation is 1. The Balaban J connectivity index is 2.36. The number of hydrogen-bond acceptors (Lipinski definition) is 3. The Hall–Kier alpha value is -1.40. The molecule has 2 N–H and O–H groups in total. The van der Waals surface area contributed by atoms with E-state index in [0.29, 0.717) is 5.82 Å². The first-order valence-electron chi connectivity index (χ1n) is 5.29. The molecule has 0 spiro atoms. The Kier molecular flexibility index (Phi) is 2.92. The van der Waals surface area contributed by atoms with E-state index in [9.17, 15) is 8.42 Å². The van der Waals surface area contributed by atoms with Crippen molar-refractivity contribution in [2.45, 2.75) is 19.9 Å². The van der Waals surface area contributed by atoms with Crippen LogP contribution in [0.25, 0.3) is 11.0 Å². The highest BCUT2D eigenvalue weighted by Crippen LogP contribution is 2.17. The Morgan fingerprint density at radius 2 is 2.12 bits per heavy atom. The van der Waals surface area contributed by atoms with Gasteiger partial charge in [-0.2, -0.15) is 0 Å². The Morgan fingerprint density at radius 3 is 2.76 bits per heavy atom. The fourth-order valence-electron chi connectivity index (χ4n) is 1.73. The van der Waals surface area contributed by atoms with Crippen molar-refractivity contribution in [3.8, 4) is 0 Å². The SMILES string of the molecule is Cc1ccc2nc(C(C)NS(C)(=O)=O)[nH]c2c1. The topological polar surface area (TPSA) is 74.8 Å². The fraction of sp³-hybridized carbons (Fsp3) is 0.364. The van der Waals surface area contributed by atoms with Gasteiger partial charge < -0.3 is 4.98 Å². The molecule has 0 saturated carbocycles. The van der Waals surface area contributed by atoms with Crippen molar-refractivity contribution >= 4 is 21.1 Å². The first-order valence-corrected chi connectivity index (χ1v) is 7.18. The number of sulfonamides is 1. The van der Waals surface area contributed by atoms with Gasteiger partial charge in [0.1, 0.15) is 5.82 Å². The molecule has 17 heavy (non-hydrogen) atoms. The molecule has 2 rings (SSSR count). The molecule has 1 aromatic carbocycles. The molecule has 6 heteroatoms. The summed E-state index contributed by atoms with van der Waals surface area (Å²) in [4.78, 5) is 7.48. The first-order chi connectivity index (χ1) is 7.85. The quantitative estimate of drug-likeness (QED) is 0.870. The Bertz CT molecular complexity index is 646. The Morgan fingerprint density at radius 1 is 1.41 bits per heavy atom. The summed E-state index contributed by atoms with van der Waals surface area (Å²) in [7, 11) is -3.23. The molecule has 0 saturated heterocycles. The summed E-state index contributed by atoms with van der Waals surface area (Å²) in [6, 6.07) is 5.51. The smallest absolute Gasteiger partial charge is 0.209 e. The van der Waals surface area contributed by atoms with Crippen LogP contribution in [0, 0.1) is 6.92 Å². The maximum absolute atomic E-state index is 11.1. The normalized spacial score (nSPS) is 14.1. The third-order valence-corrected chi connectivity index (χ3v) is 3.24. The second kappa shape index (κ2) is 4.12. The molecule has 1 aromatic heterocycles. The van der Waals surface area contributed by atoms with Crippen LogP contribution in [0.2, 0.25) is 0 Å². The highest BCUT2D eigenvalue weighted by molar-refractivity contribution is 7.88. The highest BCUT2D eigenvalue weighted by atomic mass is 32.2.